The van der Waals surface area contributed by atoms with Crippen LogP contribution in [0.1, 0.15) is 5.56 Å². The first-order chi connectivity index (χ1) is 6.61. The van der Waals surface area contributed by atoms with Crippen molar-refractivity contribution >= 4 is 46.7 Å². The third-order valence-corrected chi connectivity index (χ3v) is 2.28. The predicted octanol–water partition coefficient (Wildman–Crippen LogP) is 2.16. The Morgan fingerprint density at radius 3 is 2.86 bits per heavy atom. The van der Waals surface area contributed by atoms with E-state index >= 15 is 0 Å². The molecule has 1 aromatic carbocycles. The summed E-state index contributed by atoms with van der Waals surface area (Å²) in [6.07, 6.45) is 1.49. The molecule has 0 saturated carbocycles. The van der Waals surface area contributed by atoms with Gasteiger partial charge in [0.05, 0.1) is 16.3 Å². The summed E-state index contributed by atoms with van der Waals surface area (Å²) in [6, 6.07) is 5.25. The Morgan fingerprint density at radius 2 is 2.21 bits per heavy atom. The van der Waals surface area contributed by atoms with Gasteiger partial charge in [0, 0.05) is 5.56 Å². The van der Waals surface area contributed by atoms with Crippen LogP contribution in [0.2, 0.25) is 10.0 Å². The van der Waals surface area contributed by atoms with Crippen molar-refractivity contribution in [3.63, 3.8) is 0 Å². The van der Waals surface area contributed by atoms with Crippen LogP contribution in [0.15, 0.2) is 23.3 Å². The van der Waals surface area contributed by atoms with Gasteiger partial charge in [-0.25, -0.2) is 0 Å². The summed E-state index contributed by atoms with van der Waals surface area (Å²) in [4.78, 5) is 0. The van der Waals surface area contributed by atoms with Gasteiger partial charge in [0.25, 0.3) is 0 Å². The van der Waals surface area contributed by atoms with Gasteiger partial charge in [-0.1, -0.05) is 35.3 Å². The van der Waals surface area contributed by atoms with Crippen LogP contribution in [0.3, 0.4) is 0 Å². The molecule has 0 aliphatic rings. The molecule has 1 aromatic rings. The zero-order valence-corrected chi connectivity index (χ0v) is 9.33. The first-order valence-electron chi connectivity index (χ1n) is 3.64. The van der Waals surface area contributed by atoms with Crippen molar-refractivity contribution in [3.05, 3.63) is 33.8 Å². The molecule has 0 fully saturated rings. The molecular weight excluding hydrogens is 241 g/mol. The lowest BCUT2D eigenvalue weighted by molar-refractivity contribution is 1.04. The highest BCUT2D eigenvalue weighted by Gasteiger charge is 2.00. The lowest BCUT2D eigenvalue weighted by Crippen LogP contribution is -2.24. The van der Waals surface area contributed by atoms with Crippen molar-refractivity contribution in [1.82, 2.24) is 5.43 Å². The van der Waals surface area contributed by atoms with Gasteiger partial charge < -0.3 is 5.73 Å². The molecule has 0 atom stereocenters. The van der Waals surface area contributed by atoms with Crippen molar-refractivity contribution in [2.45, 2.75) is 0 Å². The molecule has 14 heavy (non-hydrogen) atoms. The van der Waals surface area contributed by atoms with Gasteiger partial charge in [0.1, 0.15) is 0 Å². The summed E-state index contributed by atoms with van der Waals surface area (Å²) >= 11 is 16.2. The Kier molecular flexibility index (Phi) is 4.13. The van der Waals surface area contributed by atoms with Crippen LogP contribution in [0.25, 0.3) is 0 Å². The van der Waals surface area contributed by atoms with Crippen molar-refractivity contribution in [1.29, 1.82) is 0 Å². The average Bonchev–Trinajstić information content (AvgIpc) is 2.12. The molecule has 3 N–H and O–H groups in total. The smallest absolute Gasteiger partial charge is 0.184 e. The molecule has 0 saturated heterocycles. The average molecular weight is 248 g/mol. The molecule has 0 radical (unpaired) electrons. The summed E-state index contributed by atoms with van der Waals surface area (Å²) in [5.74, 6) is 0. The predicted molar refractivity (Wildman–Crippen MR) is 64.0 cm³/mol. The van der Waals surface area contributed by atoms with Crippen molar-refractivity contribution in [2.24, 2.45) is 10.8 Å². The SMILES string of the molecule is NC(=S)N/N=C\c1cccc(Cl)c1Cl. The van der Waals surface area contributed by atoms with E-state index in [1.54, 1.807) is 18.2 Å². The van der Waals surface area contributed by atoms with Gasteiger partial charge in [-0.15, -0.1) is 0 Å². The lowest BCUT2D eigenvalue weighted by Gasteiger charge is -1.99. The second-order valence-corrected chi connectivity index (χ2v) is 3.60. The lowest BCUT2D eigenvalue weighted by atomic mass is 10.2. The van der Waals surface area contributed by atoms with Gasteiger partial charge in [-0.2, -0.15) is 5.10 Å². The van der Waals surface area contributed by atoms with E-state index in [0.717, 1.165) is 0 Å². The van der Waals surface area contributed by atoms with Crippen molar-refractivity contribution in [3.8, 4) is 0 Å². The van der Waals surface area contributed by atoms with Crippen LogP contribution in [0, 0.1) is 0 Å². The fraction of sp³-hybridized carbons (Fsp3) is 0. The molecule has 0 unspecified atom stereocenters. The summed E-state index contributed by atoms with van der Waals surface area (Å²) < 4.78 is 0. The van der Waals surface area contributed by atoms with E-state index in [4.69, 9.17) is 28.9 Å². The van der Waals surface area contributed by atoms with Gasteiger partial charge in [0.2, 0.25) is 0 Å². The van der Waals surface area contributed by atoms with Crippen molar-refractivity contribution < 1.29 is 0 Å². The number of benzene rings is 1. The number of thiocarbonyl (C=S) groups is 1. The topological polar surface area (TPSA) is 50.4 Å². The molecule has 0 heterocycles. The minimum Gasteiger partial charge on any atom is -0.375 e. The number of rotatable bonds is 2. The largest absolute Gasteiger partial charge is 0.375 e. The van der Waals surface area contributed by atoms with E-state index in [2.05, 4.69) is 22.7 Å². The monoisotopic (exact) mass is 247 g/mol. The molecule has 3 nitrogen and oxygen atoms in total. The molecule has 0 spiro atoms. The minimum atomic E-state index is 0.0967. The van der Waals surface area contributed by atoms with Gasteiger partial charge in [0.15, 0.2) is 5.11 Å². The van der Waals surface area contributed by atoms with Crippen molar-refractivity contribution in [2.75, 3.05) is 0 Å². The van der Waals surface area contributed by atoms with Crippen LogP contribution >= 0.6 is 35.4 Å². The highest BCUT2D eigenvalue weighted by atomic mass is 35.5. The third kappa shape index (κ3) is 3.14. The maximum Gasteiger partial charge on any atom is 0.184 e. The number of hydrogen-bond donors (Lipinski definition) is 2. The van der Waals surface area contributed by atoms with Crippen LogP contribution in [0.4, 0.5) is 0 Å². The summed E-state index contributed by atoms with van der Waals surface area (Å²) in [7, 11) is 0. The third-order valence-electron chi connectivity index (χ3n) is 1.36. The number of halogens is 2. The van der Waals surface area contributed by atoms with E-state index < -0.39 is 0 Å². The summed E-state index contributed by atoms with van der Waals surface area (Å²) in [5, 5.41) is 4.78. The molecule has 0 aromatic heterocycles. The van der Waals surface area contributed by atoms with Gasteiger partial charge >= 0.3 is 0 Å². The molecule has 0 aliphatic carbocycles. The van der Waals surface area contributed by atoms with Crippen LogP contribution in [-0.4, -0.2) is 11.3 Å². The number of hydrazone groups is 1. The number of nitrogens with two attached hydrogens (primary N) is 1. The Labute approximate surface area is 96.9 Å². The first-order valence-corrected chi connectivity index (χ1v) is 4.80. The quantitative estimate of drug-likeness (QED) is 0.479. The van der Waals surface area contributed by atoms with E-state index in [9.17, 15) is 0 Å². The highest BCUT2D eigenvalue weighted by Crippen LogP contribution is 2.23. The molecule has 0 amide bonds. The van der Waals surface area contributed by atoms with Gasteiger partial charge in [-0.05, 0) is 18.3 Å². The maximum atomic E-state index is 5.89. The number of nitrogens with zero attached hydrogens (tertiary/aromatic N) is 1. The number of hydrogen-bond acceptors (Lipinski definition) is 2. The van der Waals surface area contributed by atoms with Gasteiger partial charge in [-0.3, -0.25) is 5.43 Å². The summed E-state index contributed by atoms with van der Waals surface area (Å²) in [6.45, 7) is 0. The zero-order valence-electron chi connectivity index (χ0n) is 7.00. The fourth-order valence-corrected chi connectivity index (χ4v) is 1.19. The standard InChI is InChI=1S/C8H7Cl2N3S/c9-6-3-1-2-5(7(6)10)4-12-13-8(11)14/h1-4H,(H3,11,13,14)/b12-4-. The maximum absolute atomic E-state index is 5.89. The Bertz CT molecular complexity index is 379. The molecule has 0 aliphatic heterocycles. The van der Waals surface area contributed by atoms with Crippen LogP contribution in [0.5, 0.6) is 0 Å². The Morgan fingerprint density at radius 1 is 1.50 bits per heavy atom. The second-order valence-electron chi connectivity index (χ2n) is 2.38. The Hall–Kier alpha value is -0.840. The summed E-state index contributed by atoms with van der Waals surface area (Å²) in [5.41, 5.74) is 8.29. The highest BCUT2D eigenvalue weighted by molar-refractivity contribution is 7.80. The first kappa shape index (κ1) is 11.2. The van der Waals surface area contributed by atoms with E-state index in [-0.39, 0.29) is 5.11 Å². The Balaban J connectivity index is 2.81. The van der Waals surface area contributed by atoms with Crippen LogP contribution in [-0.2, 0) is 0 Å². The minimum absolute atomic E-state index is 0.0967. The molecule has 1 rings (SSSR count). The van der Waals surface area contributed by atoms with E-state index in [1.165, 1.54) is 6.21 Å². The molecule has 0 bridgehead atoms. The second kappa shape index (κ2) is 5.14. The molecule has 74 valence electrons. The van der Waals surface area contributed by atoms with E-state index in [1.807, 2.05) is 0 Å². The normalized spacial score (nSPS) is 10.4. The zero-order chi connectivity index (χ0) is 10.6. The van der Waals surface area contributed by atoms with Crippen LogP contribution < -0.4 is 11.2 Å². The molecule has 6 heteroatoms. The fourth-order valence-electron chi connectivity index (χ4n) is 0.786. The van der Waals surface area contributed by atoms with E-state index in [0.29, 0.717) is 15.6 Å². The molecular formula is C8H7Cl2N3S. The number of nitrogens with one attached hydrogen (secondary N) is 1.